The van der Waals surface area contributed by atoms with Crippen LogP contribution in [0.1, 0.15) is 22.4 Å². The van der Waals surface area contributed by atoms with Gasteiger partial charge in [0.25, 0.3) is 0 Å². The van der Waals surface area contributed by atoms with E-state index < -0.39 is 0 Å². The van der Waals surface area contributed by atoms with Crippen LogP contribution in [0, 0.1) is 20.8 Å². The number of anilines is 1. The quantitative estimate of drug-likeness (QED) is 0.734. The van der Waals surface area contributed by atoms with Crippen LogP contribution in [0.4, 0.5) is 5.69 Å². The third-order valence-corrected chi connectivity index (χ3v) is 4.35. The summed E-state index contributed by atoms with van der Waals surface area (Å²) in [5.74, 6) is 0. The first kappa shape index (κ1) is 13.7. The molecule has 1 aromatic heterocycles. The molecule has 0 atom stereocenters. The maximum absolute atomic E-state index is 3.59. The van der Waals surface area contributed by atoms with E-state index in [4.69, 9.17) is 0 Å². The fourth-order valence-electron chi connectivity index (χ4n) is 2.99. The third kappa shape index (κ3) is 2.42. The molecule has 0 unspecified atom stereocenters. The summed E-state index contributed by atoms with van der Waals surface area (Å²) in [6, 6.07) is 15.1. The summed E-state index contributed by atoms with van der Waals surface area (Å²) in [7, 11) is 2.15. The average molecular weight is 278 g/mol. The SMILES string of the molecule is Cc1ccc(C)c(NCc2c(C)c3ccccc3n2C)c1. The summed E-state index contributed by atoms with van der Waals surface area (Å²) in [4.78, 5) is 0. The summed E-state index contributed by atoms with van der Waals surface area (Å²) in [5, 5.41) is 4.94. The summed E-state index contributed by atoms with van der Waals surface area (Å²) in [6.07, 6.45) is 0. The highest BCUT2D eigenvalue weighted by Gasteiger charge is 2.11. The Balaban J connectivity index is 1.94. The van der Waals surface area contributed by atoms with Crippen LogP contribution in [0.3, 0.4) is 0 Å². The van der Waals surface area contributed by atoms with Crippen LogP contribution < -0.4 is 5.32 Å². The first-order valence-electron chi connectivity index (χ1n) is 7.42. The molecule has 0 bridgehead atoms. The number of nitrogens with zero attached hydrogens (tertiary/aromatic N) is 1. The van der Waals surface area contributed by atoms with Crippen LogP contribution >= 0.6 is 0 Å². The van der Waals surface area contributed by atoms with Crippen molar-refractivity contribution in [3.63, 3.8) is 0 Å². The van der Waals surface area contributed by atoms with Gasteiger partial charge in [-0.1, -0.05) is 30.3 Å². The Morgan fingerprint density at radius 3 is 2.52 bits per heavy atom. The fourth-order valence-corrected chi connectivity index (χ4v) is 2.99. The first-order chi connectivity index (χ1) is 10.1. The minimum absolute atomic E-state index is 0.849. The van der Waals surface area contributed by atoms with Gasteiger partial charge >= 0.3 is 0 Å². The van der Waals surface area contributed by atoms with Crippen molar-refractivity contribution < 1.29 is 0 Å². The average Bonchev–Trinajstić information content (AvgIpc) is 2.73. The van der Waals surface area contributed by atoms with Gasteiger partial charge in [0, 0.05) is 29.3 Å². The van der Waals surface area contributed by atoms with E-state index in [1.54, 1.807) is 0 Å². The molecule has 2 nitrogen and oxygen atoms in total. The van der Waals surface area contributed by atoms with Crippen LogP contribution in [-0.4, -0.2) is 4.57 Å². The van der Waals surface area contributed by atoms with Gasteiger partial charge in [-0.3, -0.25) is 0 Å². The molecule has 21 heavy (non-hydrogen) atoms. The van der Waals surface area contributed by atoms with Crippen molar-refractivity contribution in [1.29, 1.82) is 0 Å². The molecule has 0 spiro atoms. The Morgan fingerprint density at radius 2 is 1.76 bits per heavy atom. The van der Waals surface area contributed by atoms with Gasteiger partial charge in [-0.2, -0.15) is 0 Å². The number of para-hydroxylation sites is 1. The third-order valence-electron chi connectivity index (χ3n) is 4.35. The van der Waals surface area contributed by atoms with Gasteiger partial charge in [-0.15, -0.1) is 0 Å². The highest BCUT2D eigenvalue weighted by atomic mass is 15.0. The first-order valence-corrected chi connectivity index (χ1v) is 7.42. The largest absolute Gasteiger partial charge is 0.379 e. The number of hydrogen-bond acceptors (Lipinski definition) is 1. The number of fused-ring (bicyclic) bond motifs is 1. The van der Waals surface area contributed by atoms with Gasteiger partial charge < -0.3 is 9.88 Å². The Kier molecular flexibility index (Phi) is 3.46. The summed E-state index contributed by atoms with van der Waals surface area (Å²) >= 11 is 0. The predicted octanol–water partition coefficient (Wildman–Crippen LogP) is 4.72. The number of nitrogens with one attached hydrogen (secondary N) is 1. The number of aryl methyl sites for hydroxylation is 4. The van der Waals surface area contributed by atoms with E-state index in [1.807, 2.05) is 0 Å². The molecule has 0 saturated carbocycles. The lowest BCUT2D eigenvalue weighted by molar-refractivity contribution is 0.861. The summed E-state index contributed by atoms with van der Waals surface area (Å²) < 4.78 is 2.29. The molecule has 0 radical (unpaired) electrons. The lowest BCUT2D eigenvalue weighted by atomic mass is 10.1. The van der Waals surface area contributed by atoms with E-state index in [1.165, 1.54) is 39.0 Å². The smallest absolute Gasteiger partial charge is 0.0556 e. The van der Waals surface area contributed by atoms with Crippen molar-refractivity contribution in [1.82, 2.24) is 4.57 Å². The van der Waals surface area contributed by atoms with Crippen molar-refractivity contribution >= 4 is 16.6 Å². The predicted molar refractivity (Wildman–Crippen MR) is 90.9 cm³/mol. The zero-order valence-electron chi connectivity index (χ0n) is 13.2. The molecule has 1 heterocycles. The summed E-state index contributed by atoms with van der Waals surface area (Å²) in [5.41, 5.74) is 7.81. The number of aromatic nitrogens is 1. The van der Waals surface area contributed by atoms with Gasteiger partial charge in [0.05, 0.1) is 6.54 Å². The molecule has 0 aliphatic carbocycles. The standard InChI is InChI=1S/C19H22N2/c1-13-9-10-14(2)17(11-13)20-12-19-15(3)16-7-5-6-8-18(16)21(19)4/h5-11,20H,12H2,1-4H3. The molecule has 0 amide bonds. The molecule has 108 valence electrons. The normalized spacial score (nSPS) is 11.0. The second kappa shape index (κ2) is 5.28. The van der Waals surface area contributed by atoms with E-state index in [2.05, 4.69) is 80.2 Å². The highest BCUT2D eigenvalue weighted by Crippen LogP contribution is 2.25. The Morgan fingerprint density at radius 1 is 1.00 bits per heavy atom. The van der Waals surface area contributed by atoms with E-state index in [9.17, 15) is 0 Å². The van der Waals surface area contributed by atoms with Crippen molar-refractivity contribution in [2.24, 2.45) is 7.05 Å². The van der Waals surface area contributed by atoms with Crippen LogP contribution in [0.2, 0.25) is 0 Å². The van der Waals surface area contributed by atoms with Gasteiger partial charge in [0.2, 0.25) is 0 Å². The van der Waals surface area contributed by atoms with E-state index in [-0.39, 0.29) is 0 Å². The minimum atomic E-state index is 0.849. The zero-order valence-corrected chi connectivity index (χ0v) is 13.2. The molecule has 0 aliphatic rings. The maximum atomic E-state index is 3.59. The van der Waals surface area contributed by atoms with Crippen molar-refractivity contribution in [3.05, 3.63) is 64.8 Å². The zero-order chi connectivity index (χ0) is 15.0. The second-order valence-electron chi connectivity index (χ2n) is 5.82. The highest BCUT2D eigenvalue weighted by molar-refractivity contribution is 5.85. The van der Waals surface area contributed by atoms with Gasteiger partial charge in [0.1, 0.15) is 0 Å². The van der Waals surface area contributed by atoms with Crippen LogP contribution in [0.5, 0.6) is 0 Å². The monoisotopic (exact) mass is 278 g/mol. The van der Waals surface area contributed by atoms with E-state index in [0.717, 1.165) is 6.54 Å². The molecule has 0 aliphatic heterocycles. The van der Waals surface area contributed by atoms with Crippen molar-refractivity contribution in [2.45, 2.75) is 27.3 Å². The maximum Gasteiger partial charge on any atom is 0.0556 e. The second-order valence-corrected chi connectivity index (χ2v) is 5.82. The van der Waals surface area contributed by atoms with Gasteiger partial charge in [-0.05, 0) is 49.6 Å². The molecule has 1 N–H and O–H groups in total. The number of rotatable bonds is 3. The fraction of sp³-hybridized carbons (Fsp3) is 0.263. The Labute approximate surface area is 126 Å². The molecular weight excluding hydrogens is 256 g/mol. The van der Waals surface area contributed by atoms with Crippen LogP contribution in [0.25, 0.3) is 10.9 Å². The Bertz CT molecular complexity index is 758. The van der Waals surface area contributed by atoms with E-state index in [0.29, 0.717) is 0 Å². The topological polar surface area (TPSA) is 17.0 Å². The molecule has 3 aromatic rings. The molecule has 0 saturated heterocycles. The van der Waals surface area contributed by atoms with Crippen LogP contribution in [-0.2, 0) is 13.6 Å². The molecule has 0 fully saturated rings. The van der Waals surface area contributed by atoms with E-state index >= 15 is 0 Å². The lowest BCUT2D eigenvalue weighted by Gasteiger charge is -2.12. The molecule has 3 rings (SSSR count). The molecular formula is C19H22N2. The summed E-state index contributed by atoms with van der Waals surface area (Å²) in [6.45, 7) is 7.34. The van der Waals surface area contributed by atoms with Gasteiger partial charge in [-0.25, -0.2) is 0 Å². The lowest BCUT2D eigenvalue weighted by Crippen LogP contribution is -2.07. The molecule has 2 aromatic carbocycles. The van der Waals surface area contributed by atoms with Crippen molar-refractivity contribution in [3.8, 4) is 0 Å². The van der Waals surface area contributed by atoms with Crippen molar-refractivity contribution in [2.75, 3.05) is 5.32 Å². The minimum Gasteiger partial charge on any atom is -0.379 e. The number of benzene rings is 2. The number of hydrogen-bond donors (Lipinski definition) is 1. The van der Waals surface area contributed by atoms with Gasteiger partial charge in [0.15, 0.2) is 0 Å². The van der Waals surface area contributed by atoms with Crippen LogP contribution in [0.15, 0.2) is 42.5 Å². The Hall–Kier alpha value is -2.22. The molecule has 2 heteroatoms.